The summed E-state index contributed by atoms with van der Waals surface area (Å²) >= 11 is 1.65. The van der Waals surface area contributed by atoms with Crippen LogP contribution in [0.4, 0.5) is 0 Å². The molecule has 4 nitrogen and oxygen atoms in total. The molecule has 106 valence electrons. The summed E-state index contributed by atoms with van der Waals surface area (Å²) in [6.45, 7) is 3.68. The number of aromatic amines is 1. The van der Waals surface area contributed by atoms with E-state index in [9.17, 15) is 4.79 Å². The zero-order valence-corrected chi connectivity index (χ0v) is 12.4. The molecule has 5 heteroatoms. The minimum Gasteiger partial charge on any atom is -0.342 e. The molecule has 2 aromatic rings. The third kappa shape index (κ3) is 2.63. The highest BCUT2D eigenvalue weighted by atomic mass is 32.1. The molecule has 0 radical (unpaired) electrons. The predicted octanol–water partition coefficient (Wildman–Crippen LogP) is 2.98. The van der Waals surface area contributed by atoms with Crippen molar-refractivity contribution in [1.29, 1.82) is 0 Å². The fourth-order valence-electron chi connectivity index (χ4n) is 2.86. The van der Waals surface area contributed by atoms with Crippen LogP contribution in [0.1, 0.15) is 42.9 Å². The third-order valence-electron chi connectivity index (χ3n) is 4.11. The average molecular weight is 289 g/mol. The van der Waals surface area contributed by atoms with Gasteiger partial charge in [-0.25, -0.2) is 0 Å². The molecular formula is C15H19N3OS. The van der Waals surface area contributed by atoms with E-state index >= 15 is 0 Å². The minimum atomic E-state index is -0.0400. The van der Waals surface area contributed by atoms with Crippen molar-refractivity contribution in [3.63, 3.8) is 0 Å². The Bertz CT molecular complexity index is 550. The van der Waals surface area contributed by atoms with E-state index in [1.165, 1.54) is 0 Å². The topological polar surface area (TPSA) is 49.0 Å². The van der Waals surface area contributed by atoms with Crippen LogP contribution in [0.2, 0.25) is 0 Å². The molecule has 3 rings (SSSR count). The lowest BCUT2D eigenvalue weighted by Crippen LogP contribution is -2.41. The Morgan fingerprint density at radius 3 is 3.15 bits per heavy atom. The number of nitrogens with one attached hydrogen (secondary N) is 1. The number of aromatic nitrogens is 2. The fourth-order valence-corrected chi connectivity index (χ4v) is 3.62. The molecule has 0 saturated carbocycles. The lowest BCUT2D eigenvalue weighted by atomic mass is 9.93. The zero-order valence-electron chi connectivity index (χ0n) is 11.6. The molecule has 1 saturated heterocycles. The number of likely N-dealkylation sites (tertiary alicyclic amines) is 1. The summed E-state index contributed by atoms with van der Waals surface area (Å²) in [4.78, 5) is 14.6. The van der Waals surface area contributed by atoms with Crippen LogP contribution in [-0.2, 0) is 4.79 Å². The van der Waals surface area contributed by atoms with Gasteiger partial charge in [0.25, 0.3) is 0 Å². The molecule has 1 fully saturated rings. The van der Waals surface area contributed by atoms with Crippen LogP contribution in [0.25, 0.3) is 0 Å². The highest BCUT2D eigenvalue weighted by Crippen LogP contribution is 2.28. The predicted molar refractivity (Wildman–Crippen MR) is 79.9 cm³/mol. The van der Waals surface area contributed by atoms with Crippen molar-refractivity contribution in [2.45, 2.75) is 31.6 Å². The van der Waals surface area contributed by atoms with Gasteiger partial charge in [-0.15, -0.1) is 0 Å². The Morgan fingerprint density at radius 2 is 2.45 bits per heavy atom. The van der Waals surface area contributed by atoms with Crippen molar-refractivity contribution in [2.75, 3.05) is 13.1 Å². The summed E-state index contributed by atoms with van der Waals surface area (Å²) in [6, 6.07) is 4.06. The average Bonchev–Trinajstić information content (AvgIpc) is 3.18. The number of carbonyl (C=O) groups excluding carboxylic acids is 1. The van der Waals surface area contributed by atoms with Crippen molar-refractivity contribution in [3.8, 4) is 0 Å². The van der Waals surface area contributed by atoms with Gasteiger partial charge in [-0.2, -0.15) is 16.4 Å². The summed E-state index contributed by atoms with van der Waals surface area (Å²) in [7, 11) is 0. The van der Waals surface area contributed by atoms with Gasteiger partial charge >= 0.3 is 0 Å². The lowest BCUT2D eigenvalue weighted by Gasteiger charge is -2.33. The summed E-state index contributed by atoms with van der Waals surface area (Å²) in [5, 5.41) is 11.2. The van der Waals surface area contributed by atoms with Gasteiger partial charge in [0.2, 0.25) is 5.91 Å². The molecule has 2 aromatic heterocycles. The zero-order chi connectivity index (χ0) is 13.9. The Labute approximate surface area is 122 Å². The van der Waals surface area contributed by atoms with E-state index in [1.807, 2.05) is 29.3 Å². The number of H-pyrrole nitrogens is 1. The van der Waals surface area contributed by atoms with E-state index < -0.39 is 0 Å². The molecule has 0 aromatic carbocycles. The first kappa shape index (κ1) is 13.4. The SMILES string of the molecule is C[C@H](C(=O)N1CCC[C@@H](c2ccn[nH]2)C1)c1ccsc1. The third-order valence-corrected chi connectivity index (χ3v) is 4.81. The molecule has 2 atom stereocenters. The van der Waals surface area contributed by atoms with Crippen LogP contribution in [0, 0.1) is 0 Å². The van der Waals surface area contributed by atoms with Gasteiger partial charge in [0.1, 0.15) is 0 Å². The molecule has 20 heavy (non-hydrogen) atoms. The molecular weight excluding hydrogens is 270 g/mol. The summed E-state index contributed by atoms with van der Waals surface area (Å²) < 4.78 is 0. The first-order valence-electron chi connectivity index (χ1n) is 7.06. The second-order valence-electron chi connectivity index (χ2n) is 5.41. The molecule has 1 aliphatic rings. The molecule has 0 spiro atoms. The summed E-state index contributed by atoms with van der Waals surface area (Å²) in [5.41, 5.74) is 2.27. The molecule has 1 aliphatic heterocycles. The molecule has 0 aliphatic carbocycles. The van der Waals surface area contributed by atoms with Crippen LogP contribution in [0.3, 0.4) is 0 Å². The number of hydrogen-bond donors (Lipinski definition) is 1. The molecule has 0 unspecified atom stereocenters. The number of amides is 1. The van der Waals surface area contributed by atoms with Gasteiger partial charge in [-0.05, 0) is 48.2 Å². The van der Waals surface area contributed by atoms with Crippen molar-refractivity contribution in [2.24, 2.45) is 0 Å². The van der Waals surface area contributed by atoms with Crippen LogP contribution < -0.4 is 0 Å². The maximum atomic E-state index is 12.6. The van der Waals surface area contributed by atoms with E-state index in [0.29, 0.717) is 5.92 Å². The first-order valence-corrected chi connectivity index (χ1v) is 8.00. The molecule has 1 amide bonds. The maximum absolute atomic E-state index is 12.6. The highest BCUT2D eigenvalue weighted by Gasteiger charge is 2.28. The largest absolute Gasteiger partial charge is 0.342 e. The van der Waals surface area contributed by atoms with Gasteiger partial charge in [-0.1, -0.05) is 0 Å². The van der Waals surface area contributed by atoms with Crippen LogP contribution in [-0.4, -0.2) is 34.1 Å². The van der Waals surface area contributed by atoms with E-state index in [2.05, 4.69) is 15.6 Å². The highest BCUT2D eigenvalue weighted by molar-refractivity contribution is 7.08. The first-order chi connectivity index (χ1) is 9.75. The van der Waals surface area contributed by atoms with E-state index in [1.54, 1.807) is 17.5 Å². The number of nitrogens with zero attached hydrogens (tertiary/aromatic N) is 2. The Kier molecular flexibility index (Phi) is 3.87. The Morgan fingerprint density at radius 1 is 1.55 bits per heavy atom. The normalized spacial score (nSPS) is 20.9. The number of hydrogen-bond acceptors (Lipinski definition) is 3. The number of piperidine rings is 1. The van der Waals surface area contributed by atoms with Crippen molar-refractivity contribution in [3.05, 3.63) is 40.3 Å². The molecule has 3 heterocycles. The number of rotatable bonds is 3. The van der Waals surface area contributed by atoms with E-state index in [-0.39, 0.29) is 11.8 Å². The van der Waals surface area contributed by atoms with Gasteiger partial charge in [0, 0.05) is 30.9 Å². The molecule has 0 bridgehead atoms. The van der Waals surface area contributed by atoms with Crippen molar-refractivity contribution in [1.82, 2.24) is 15.1 Å². The standard InChI is InChI=1S/C15H19N3OS/c1-11(13-5-8-20-10-13)15(19)18-7-2-3-12(9-18)14-4-6-16-17-14/h4-6,8,10-12H,2-3,7,9H2,1H3,(H,16,17)/t11-,12+/m0/s1. The number of carbonyl (C=O) groups is 1. The van der Waals surface area contributed by atoms with E-state index in [0.717, 1.165) is 37.2 Å². The summed E-state index contributed by atoms with van der Waals surface area (Å²) in [5.74, 6) is 0.597. The molecule has 1 N–H and O–H groups in total. The maximum Gasteiger partial charge on any atom is 0.229 e. The lowest BCUT2D eigenvalue weighted by molar-refractivity contribution is -0.133. The fraction of sp³-hybridized carbons (Fsp3) is 0.467. The van der Waals surface area contributed by atoms with Crippen LogP contribution >= 0.6 is 11.3 Å². The summed E-state index contributed by atoms with van der Waals surface area (Å²) in [6.07, 6.45) is 3.97. The van der Waals surface area contributed by atoms with Gasteiger partial charge in [0.05, 0.1) is 5.92 Å². The monoisotopic (exact) mass is 289 g/mol. The minimum absolute atomic E-state index is 0.0400. The second-order valence-corrected chi connectivity index (χ2v) is 6.19. The van der Waals surface area contributed by atoms with Crippen molar-refractivity contribution < 1.29 is 4.79 Å². The smallest absolute Gasteiger partial charge is 0.229 e. The van der Waals surface area contributed by atoms with Crippen LogP contribution in [0.15, 0.2) is 29.1 Å². The quantitative estimate of drug-likeness (QED) is 0.944. The van der Waals surface area contributed by atoms with Gasteiger partial charge < -0.3 is 4.90 Å². The Balaban J connectivity index is 1.69. The Hall–Kier alpha value is -1.62. The van der Waals surface area contributed by atoms with Crippen molar-refractivity contribution >= 4 is 17.2 Å². The van der Waals surface area contributed by atoms with E-state index in [4.69, 9.17) is 0 Å². The second kappa shape index (κ2) is 5.79. The van der Waals surface area contributed by atoms with Gasteiger partial charge in [-0.3, -0.25) is 9.89 Å². The van der Waals surface area contributed by atoms with Crippen LogP contribution in [0.5, 0.6) is 0 Å². The number of thiophene rings is 1. The van der Waals surface area contributed by atoms with Gasteiger partial charge in [0.15, 0.2) is 0 Å².